The monoisotopic (exact) mass is 220 g/mol. The van der Waals surface area contributed by atoms with Crippen LogP contribution in [0.4, 0.5) is 0 Å². The molecule has 0 spiro atoms. The zero-order valence-electron chi connectivity index (χ0n) is 8.86. The van der Waals surface area contributed by atoms with Crippen LogP contribution in [0, 0.1) is 6.92 Å². The van der Waals surface area contributed by atoms with Gasteiger partial charge >= 0.3 is 11.9 Å². The first kappa shape index (κ1) is 10.7. The van der Waals surface area contributed by atoms with Gasteiger partial charge < -0.3 is 10.2 Å². The molecule has 2 rings (SSSR count). The summed E-state index contributed by atoms with van der Waals surface area (Å²) in [6, 6.07) is 2.80. The first-order valence-electron chi connectivity index (χ1n) is 5.12. The number of aromatic carboxylic acids is 2. The lowest BCUT2D eigenvalue weighted by Crippen LogP contribution is -2.08. The van der Waals surface area contributed by atoms with Crippen LogP contribution in [0.25, 0.3) is 0 Å². The van der Waals surface area contributed by atoms with E-state index in [0.717, 1.165) is 24.0 Å². The topological polar surface area (TPSA) is 74.6 Å². The molecule has 1 aliphatic carbocycles. The van der Waals surface area contributed by atoms with Crippen molar-refractivity contribution < 1.29 is 19.8 Å². The molecule has 0 saturated heterocycles. The van der Waals surface area contributed by atoms with Crippen LogP contribution in [-0.2, 0) is 0 Å². The van der Waals surface area contributed by atoms with Gasteiger partial charge in [0.25, 0.3) is 0 Å². The maximum atomic E-state index is 11.1. The van der Waals surface area contributed by atoms with Crippen LogP contribution in [0.15, 0.2) is 12.1 Å². The second kappa shape index (κ2) is 3.63. The van der Waals surface area contributed by atoms with Gasteiger partial charge in [0.2, 0.25) is 0 Å². The molecule has 4 heteroatoms. The molecule has 4 nitrogen and oxygen atoms in total. The molecule has 1 saturated carbocycles. The molecule has 0 aromatic heterocycles. The van der Waals surface area contributed by atoms with Gasteiger partial charge in [0.15, 0.2) is 0 Å². The van der Waals surface area contributed by atoms with Crippen LogP contribution in [-0.4, -0.2) is 22.2 Å². The molecular formula is C12H12O4. The Balaban J connectivity index is 2.60. The standard InChI is InChI=1S/C12H12O4/c1-6-4-8(11(13)14)5-9(12(15)16)10(6)7-2-3-7/h4-5,7H,2-3H2,1H3,(H,13,14)(H,15,16). The molecule has 84 valence electrons. The molecule has 0 heterocycles. The van der Waals surface area contributed by atoms with Gasteiger partial charge in [0.1, 0.15) is 0 Å². The van der Waals surface area contributed by atoms with Crippen molar-refractivity contribution in [3.8, 4) is 0 Å². The van der Waals surface area contributed by atoms with E-state index in [1.807, 2.05) is 0 Å². The normalized spacial score (nSPS) is 14.8. The van der Waals surface area contributed by atoms with Gasteiger partial charge in [-0.25, -0.2) is 9.59 Å². The maximum absolute atomic E-state index is 11.1. The van der Waals surface area contributed by atoms with Crippen molar-refractivity contribution >= 4 is 11.9 Å². The van der Waals surface area contributed by atoms with Gasteiger partial charge in [-0.1, -0.05) is 0 Å². The Hall–Kier alpha value is -1.84. The van der Waals surface area contributed by atoms with Crippen LogP contribution in [0.2, 0.25) is 0 Å². The van der Waals surface area contributed by atoms with Crippen molar-refractivity contribution in [1.29, 1.82) is 0 Å². The molecule has 0 aliphatic heterocycles. The number of hydrogen-bond donors (Lipinski definition) is 2. The van der Waals surface area contributed by atoms with E-state index in [4.69, 9.17) is 10.2 Å². The largest absolute Gasteiger partial charge is 0.478 e. The van der Waals surface area contributed by atoms with Crippen LogP contribution in [0.3, 0.4) is 0 Å². The van der Waals surface area contributed by atoms with E-state index in [9.17, 15) is 9.59 Å². The van der Waals surface area contributed by atoms with Crippen LogP contribution in [0.5, 0.6) is 0 Å². The molecule has 1 aromatic carbocycles. The molecule has 0 atom stereocenters. The summed E-state index contributed by atoms with van der Waals surface area (Å²) in [5.74, 6) is -1.84. The van der Waals surface area contributed by atoms with Crippen molar-refractivity contribution in [3.05, 3.63) is 34.4 Å². The Bertz CT molecular complexity index is 472. The maximum Gasteiger partial charge on any atom is 0.336 e. The van der Waals surface area contributed by atoms with Gasteiger partial charge in [-0.05, 0) is 48.9 Å². The number of carboxylic acids is 2. The van der Waals surface area contributed by atoms with E-state index < -0.39 is 11.9 Å². The van der Waals surface area contributed by atoms with Gasteiger partial charge in [0, 0.05) is 0 Å². The van der Waals surface area contributed by atoms with Crippen molar-refractivity contribution in [2.24, 2.45) is 0 Å². The average Bonchev–Trinajstić information content (AvgIpc) is 2.99. The van der Waals surface area contributed by atoms with Crippen LogP contribution in [0.1, 0.15) is 50.6 Å². The van der Waals surface area contributed by atoms with Gasteiger partial charge in [0.05, 0.1) is 11.1 Å². The fraction of sp³-hybridized carbons (Fsp3) is 0.333. The zero-order valence-corrected chi connectivity index (χ0v) is 8.86. The predicted octanol–water partition coefficient (Wildman–Crippen LogP) is 2.27. The average molecular weight is 220 g/mol. The number of carboxylic acid groups (broad SMARTS) is 2. The SMILES string of the molecule is Cc1cc(C(=O)O)cc(C(=O)O)c1C1CC1. The Kier molecular flexibility index (Phi) is 2.42. The summed E-state index contributed by atoms with van der Waals surface area (Å²) in [5, 5.41) is 17.9. The molecule has 0 bridgehead atoms. The number of aryl methyl sites for hydroxylation is 1. The Labute approximate surface area is 92.5 Å². The third-order valence-corrected chi connectivity index (χ3v) is 2.85. The van der Waals surface area contributed by atoms with E-state index >= 15 is 0 Å². The summed E-state index contributed by atoms with van der Waals surface area (Å²) in [5.41, 5.74) is 1.75. The fourth-order valence-electron chi connectivity index (χ4n) is 2.01. The summed E-state index contributed by atoms with van der Waals surface area (Å²) in [6.45, 7) is 1.77. The summed E-state index contributed by atoms with van der Waals surface area (Å²) in [7, 11) is 0. The minimum Gasteiger partial charge on any atom is -0.478 e. The molecule has 16 heavy (non-hydrogen) atoms. The van der Waals surface area contributed by atoms with E-state index in [1.165, 1.54) is 6.07 Å². The van der Waals surface area contributed by atoms with E-state index in [1.54, 1.807) is 13.0 Å². The first-order chi connectivity index (χ1) is 7.50. The molecule has 2 N–H and O–H groups in total. The Morgan fingerprint density at radius 3 is 2.25 bits per heavy atom. The van der Waals surface area contributed by atoms with E-state index in [-0.39, 0.29) is 11.1 Å². The first-order valence-corrected chi connectivity index (χ1v) is 5.12. The van der Waals surface area contributed by atoms with Crippen molar-refractivity contribution in [2.75, 3.05) is 0 Å². The van der Waals surface area contributed by atoms with Gasteiger partial charge in [-0.3, -0.25) is 0 Å². The third-order valence-electron chi connectivity index (χ3n) is 2.85. The molecule has 0 radical (unpaired) electrons. The van der Waals surface area contributed by atoms with E-state index in [0.29, 0.717) is 5.92 Å². The number of rotatable bonds is 3. The number of hydrogen-bond acceptors (Lipinski definition) is 2. The van der Waals surface area contributed by atoms with Crippen molar-refractivity contribution in [1.82, 2.24) is 0 Å². The lowest BCUT2D eigenvalue weighted by atomic mass is 9.95. The highest BCUT2D eigenvalue weighted by atomic mass is 16.4. The quantitative estimate of drug-likeness (QED) is 0.819. The van der Waals surface area contributed by atoms with Crippen molar-refractivity contribution in [3.63, 3.8) is 0 Å². The van der Waals surface area contributed by atoms with Gasteiger partial charge in [-0.15, -0.1) is 0 Å². The molecule has 0 unspecified atom stereocenters. The second-order valence-electron chi connectivity index (χ2n) is 4.14. The highest BCUT2D eigenvalue weighted by Crippen LogP contribution is 2.43. The Morgan fingerprint density at radius 2 is 1.81 bits per heavy atom. The van der Waals surface area contributed by atoms with Crippen LogP contribution < -0.4 is 0 Å². The minimum absolute atomic E-state index is 0.0410. The summed E-state index contributed by atoms with van der Waals surface area (Å²) in [6.07, 6.45) is 1.99. The third kappa shape index (κ3) is 1.78. The zero-order chi connectivity index (χ0) is 11.9. The lowest BCUT2D eigenvalue weighted by Gasteiger charge is -2.10. The minimum atomic E-state index is -1.09. The summed E-state index contributed by atoms with van der Waals surface area (Å²) >= 11 is 0. The summed E-state index contributed by atoms with van der Waals surface area (Å²) < 4.78 is 0. The number of carbonyl (C=O) groups is 2. The predicted molar refractivity (Wildman–Crippen MR) is 57.1 cm³/mol. The van der Waals surface area contributed by atoms with Gasteiger partial charge in [-0.2, -0.15) is 0 Å². The molecule has 1 aromatic rings. The fourth-order valence-corrected chi connectivity index (χ4v) is 2.01. The molecule has 0 amide bonds. The van der Waals surface area contributed by atoms with Crippen molar-refractivity contribution in [2.45, 2.75) is 25.7 Å². The van der Waals surface area contributed by atoms with Crippen LogP contribution >= 0.6 is 0 Å². The molecular weight excluding hydrogens is 208 g/mol. The highest BCUT2D eigenvalue weighted by molar-refractivity contribution is 5.95. The Morgan fingerprint density at radius 1 is 1.19 bits per heavy atom. The second-order valence-corrected chi connectivity index (χ2v) is 4.14. The van der Waals surface area contributed by atoms with E-state index in [2.05, 4.69) is 0 Å². The summed E-state index contributed by atoms with van der Waals surface area (Å²) in [4.78, 5) is 21.9. The highest BCUT2D eigenvalue weighted by Gasteiger charge is 2.30. The lowest BCUT2D eigenvalue weighted by molar-refractivity contribution is 0.0695. The number of benzene rings is 1. The molecule has 1 aliphatic rings. The smallest absolute Gasteiger partial charge is 0.336 e. The molecule has 1 fully saturated rings.